The number of ether oxygens (including phenoxy) is 1. The monoisotopic (exact) mass is 344 g/mol. The van der Waals surface area contributed by atoms with Gasteiger partial charge in [0.05, 0.1) is 24.1 Å². The van der Waals surface area contributed by atoms with Crippen molar-refractivity contribution in [1.29, 1.82) is 0 Å². The van der Waals surface area contributed by atoms with Crippen molar-refractivity contribution in [2.75, 3.05) is 19.6 Å². The summed E-state index contributed by atoms with van der Waals surface area (Å²) >= 11 is 3.50. The van der Waals surface area contributed by atoms with Gasteiger partial charge in [0.15, 0.2) is 5.60 Å². The molecule has 4 nitrogen and oxygen atoms in total. The second-order valence-corrected chi connectivity index (χ2v) is 7.79. The molecule has 3 saturated heterocycles. The summed E-state index contributed by atoms with van der Waals surface area (Å²) in [5, 5.41) is 0. The summed E-state index contributed by atoms with van der Waals surface area (Å²) in [5.74, 6) is 0.619. The number of fused-ring (bicyclic) bond motifs is 5. The van der Waals surface area contributed by atoms with Crippen molar-refractivity contribution in [1.82, 2.24) is 9.55 Å². The fourth-order valence-electron chi connectivity index (χ4n) is 4.52. The lowest BCUT2D eigenvalue weighted by molar-refractivity contribution is -0.845. The number of benzene rings is 1. The number of hydrogen-bond donors (Lipinski definition) is 0. The molecule has 2 aromatic rings. The van der Waals surface area contributed by atoms with Gasteiger partial charge in [0.2, 0.25) is 0 Å². The molecule has 1 aromatic heterocycles. The fourth-order valence-corrected chi connectivity index (χ4v) is 4.87. The van der Waals surface area contributed by atoms with Crippen molar-refractivity contribution < 1.29 is 9.13 Å². The van der Waals surface area contributed by atoms with E-state index in [0.29, 0.717) is 10.3 Å². The van der Waals surface area contributed by atoms with Crippen LogP contribution < -0.4 is 4.74 Å². The van der Waals surface area contributed by atoms with Gasteiger partial charge in [-0.2, -0.15) is 4.98 Å². The summed E-state index contributed by atoms with van der Waals surface area (Å²) in [6.07, 6.45) is 2.34. The zero-order chi connectivity index (χ0) is 14.2. The third-order valence-electron chi connectivity index (χ3n) is 5.57. The molecule has 21 heavy (non-hydrogen) atoms. The molecule has 0 aliphatic carbocycles. The van der Waals surface area contributed by atoms with E-state index in [0.717, 1.165) is 47.7 Å². The Morgan fingerprint density at radius 2 is 2.19 bits per heavy atom. The lowest BCUT2D eigenvalue weighted by Gasteiger charge is -2.64. The third-order valence-corrected chi connectivity index (χ3v) is 6.06. The number of hydrogen-bond acceptors (Lipinski definition) is 2. The topological polar surface area (TPSA) is 27.1 Å². The van der Waals surface area contributed by atoms with Crippen LogP contribution in [-0.4, -0.2) is 47.2 Å². The molecule has 5 heterocycles. The van der Waals surface area contributed by atoms with Crippen LogP contribution in [0.15, 0.2) is 22.7 Å². The van der Waals surface area contributed by atoms with E-state index in [1.165, 1.54) is 12.8 Å². The number of halogens is 1. The van der Waals surface area contributed by atoms with Crippen molar-refractivity contribution in [3.63, 3.8) is 0 Å². The van der Waals surface area contributed by atoms with E-state index in [-0.39, 0.29) is 5.60 Å². The van der Waals surface area contributed by atoms with Crippen LogP contribution in [0.4, 0.5) is 0 Å². The Morgan fingerprint density at radius 1 is 1.38 bits per heavy atom. The standard InChI is InChI=1S/C15H16BBrN3O/c16-20-5-3-10(4-6-20)15(9-20)8-19-13-2-1-11(17)7-12(13)18-14(19)21-15/h1-2,7,10H,3-6,8-9H2. The van der Waals surface area contributed by atoms with E-state index in [2.05, 4.69) is 37.6 Å². The average Bonchev–Trinajstić information content (AvgIpc) is 2.92. The number of aromatic nitrogens is 2. The van der Waals surface area contributed by atoms with Crippen molar-refractivity contribution in [2.45, 2.75) is 25.0 Å². The molecule has 107 valence electrons. The van der Waals surface area contributed by atoms with Gasteiger partial charge in [0.1, 0.15) is 0 Å². The molecular weight excluding hydrogens is 329 g/mol. The number of piperidine rings is 3. The fraction of sp³-hybridized carbons (Fsp3) is 0.533. The molecule has 1 unspecified atom stereocenters. The van der Waals surface area contributed by atoms with Crippen molar-refractivity contribution in [2.24, 2.45) is 5.92 Å². The van der Waals surface area contributed by atoms with Crippen molar-refractivity contribution in [3.8, 4) is 6.01 Å². The van der Waals surface area contributed by atoms with Crippen LogP contribution in [0.1, 0.15) is 12.8 Å². The second-order valence-electron chi connectivity index (χ2n) is 6.88. The summed E-state index contributed by atoms with van der Waals surface area (Å²) in [6, 6.07) is 7.00. The molecule has 4 aliphatic rings. The first-order valence-electron chi connectivity index (χ1n) is 7.57. The van der Waals surface area contributed by atoms with Crippen LogP contribution in [0.3, 0.4) is 0 Å². The molecule has 1 aromatic carbocycles. The van der Waals surface area contributed by atoms with Gasteiger partial charge in [-0.3, -0.25) is 4.57 Å². The van der Waals surface area contributed by atoms with Crippen LogP contribution in [0.2, 0.25) is 0 Å². The molecule has 0 saturated carbocycles. The summed E-state index contributed by atoms with van der Waals surface area (Å²) in [4.78, 5) is 4.67. The highest BCUT2D eigenvalue weighted by molar-refractivity contribution is 9.10. The summed E-state index contributed by atoms with van der Waals surface area (Å²) < 4.78 is 10.4. The molecule has 6 heteroatoms. The van der Waals surface area contributed by atoms with Gasteiger partial charge in [-0.05, 0) is 31.0 Å². The zero-order valence-electron chi connectivity index (χ0n) is 11.8. The van der Waals surface area contributed by atoms with Gasteiger partial charge in [0, 0.05) is 23.5 Å². The molecule has 1 atom stereocenters. The van der Waals surface area contributed by atoms with Crippen LogP contribution in [0.25, 0.3) is 11.0 Å². The molecule has 0 N–H and O–H groups in total. The van der Waals surface area contributed by atoms with Crippen molar-refractivity contribution >= 4 is 34.9 Å². The first-order valence-corrected chi connectivity index (χ1v) is 8.36. The van der Waals surface area contributed by atoms with Gasteiger partial charge >= 0.3 is 0 Å². The molecule has 1 spiro atoms. The lowest BCUT2D eigenvalue weighted by Crippen LogP contribution is -2.69. The minimum atomic E-state index is -0.130. The Hall–Kier alpha value is -1.01. The maximum Gasteiger partial charge on any atom is 0.298 e. The van der Waals surface area contributed by atoms with Gasteiger partial charge in [-0.15, -0.1) is 0 Å². The van der Waals surface area contributed by atoms with Gasteiger partial charge < -0.3 is 9.13 Å². The number of quaternary nitrogens is 1. The quantitative estimate of drug-likeness (QED) is 0.685. The van der Waals surface area contributed by atoms with Crippen LogP contribution in [0.5, 0.6) is 6.01 Å². The SMILES string of the molecule is [B-][N+]12CCC(CC1)C1(Cn3c(nc4cc(Br)ccc43)O1)C2. The molecule has 0 amide bonds. The number of nitrogens with zero attached hydrogens (tertiary/aromatic N) is 3. The summed E-state index contributed by atoms with van der Waals surface area (Å²) in [6.45, 7) is 3.99. The van der Waals surface area contributed by atoms with E-state index >= 15 is 0 Å². The van der Waals surface area contributed by atoms with E-state index in [9.17, 15) is 0 Å². The van der Waals surface area contributed by atoms with Gasteiger partial charge in [-0.1, -0.05) is 15.9 Å². The zero-order valence-corrected chi connectivity index (χ0v) is 13.3. The lowest BCUT2D eigenvalue weighted by atomic mass is 9.71. The Kier molecular flexibility index (Phi) is 2.29. The first kappa shape index (κ1) is 12.5. The Bertz CT molecular complexity index is 753. The minimum Gasteiger partial charge on any atom is -0.585 e. The van der Waals surface area contributed by atoms with Crippen LogP contribution in [-0.2, 0) is 6.54 Å². The molecular formula is C15H16BBrN3O. The Labute approximate surface area is 133 Å². The van der Waals surface area contributed by atoms with E-state index in [4.69, 9.17) is 12.7 Å². The summed E-state index contributed by atoms with van der Waals surface area (Å²) in [5.41, 5.74) is 2.02. The van der Waals surface area contributed by atoms with Gasteiger partial charge in [-0.25, -0.2) is 7.98 Å². The minimum absolute atomic E-state index is 0.130. The predicted octanol–water partition coefficient (Wildman–Crippen LogP) is 2.25. The highest BCUT2D eigenvalue weighted by Gasteiger charge is 2.55. The van der Waals surface area contributed by atoms with E-state index in [1.807, 2.05) is 6.07 Å². The average molecular weight is 345 g/mol. The molecule has 3 fully saturated rings. The summed E-state index contributed by atoms with van der Waals surface area (Å²) in [7, 11) is 6.51. The normalized spacial score (nSPS) is 37.1. The highest BCUT2D eigenvalue weighted by Crippen LogP contribution is 2.47. The number of imidazole rings is 1. The van der Waals surface area contributed by atoms with Crippen LogP contribution >= 0.6 is 15.9 Å². The third kappa shape index (κ3) is 1.63. The van der Waals surface area contributed by atoms with Crippen molar-refractivity contribution in [3.05, 3.63) is 22.7 Å². The Morgan fingerprint density at radius 3 is 2.95 bits per heavy atom. The molecule has 4 aliphatic heterocycles. The number of rotatable bonds is 0. The molecule has 3 radical (unpaired) electrons. The van der Waals surface area contributed by atoms with E-state index < -0.39 is 0 Å². The molecule has 6 rings (SSSR count). The Balaban J connectivity index is 1.59. The smallest absolute Gasteiger partial charge is 0.298 e. The van der Waals surface area contributed by atoms with E-state index in [1.54, 1.807) is 0 Å². The first-order chi connectivity index (χ1) is 10.1. The maximum atomic E-state index is 6.51. The second kappa shape index (κ2) is 3.85. The molecule has 2 bridgehead atoms. The largest absolute Gasteiger partial charge is 0.585 e. The predicted molar refractivity (Wildman–Crippen MR) is 84.1 cm³/mol. The van der Waals surface area contributed by atoms with Gasteiger partial charge in [0.25, 0.3) is 6.01 Å². The maximum absolute atomic E-state index is 6.51. The van der Waals surface area contributed by atoms with Crippen LogP contribution in [0, 0.1) is 5.92 Å². The highest BCUT2D eigenvalue weighted by atomic mass is 79.9.